The summed E-state index contributed by atoms with van der Waals surface area (Å²) < 4.78 is 16.9. The van der Waals surface area contributed by atoms with Gasteiger partial charge in [0.15, 0.2) is 0 Å². The highest BCUT2D eigenvalue weighted by Crippen LogP contribution is 2.18. The molecule has 0 aromatic heterocycles. The van der Waals surface area contributed by atoms with Crippen LogP contribution in [0.25, 0.3) is 0 Å². The lowest BCUT2D eigenvalue weighted by Gasteiger charge is -2.28. The average Bonchev–Trinajstić information content (AvgIpc) is 2.41. The Bertz CT molecular complexity index is 508. The van der Waals surface area contributed by atoms with E-state index < -0.39 is 23.4 Å². The van der Waals surface area contributed by atoms with E-state index >= 15 is 0 Å². The number of cyclic esters (lactones) is 2. The van der Waals surface area contributed by atoms with E-state index in [9.17, 15) is 9.59 Å². The molecule has 22 heavy (non-hydrogen) atoms. The van der Waals surface area contributed by atoms with E-state index in [1.807, 2.05) is 4.90 Å². The second-order valence-corrected chi connectivity index (χ2v) is 5.49. The zero-order chi connectivity index (χ0) is 16.3. The third-order valence-corrected chi connectivity index (χ3v) is 2.95. The largest absolute Gasteiger partial charge is 0.472 e. The molecule has 0 radical (unpaired) electrons. The highest BCUT2D eigenvalue weighted by Gasteiger charge is 2.41. The van der Waals surface area contributed by atoms with Gasteiger partial charge in [-0.2, -0.15) is 0 Å². The third kappa shape index (κ3) is 3.73. The van der Waals surface area contributed by atoms with Crippen LogP contribution in [-0.2, 0) is 28.6 Å². The Balaban J connectivity index is 2.13. The minimum absolute atomic E-state index is 0.404. The molecule has 0 aromatic rings. The number of amidine groups is 1. The fourth-order valence-electron chi connectivity index (χ4n) is 1.99. The summed E-state index contributed by atoms with van der Waals surface area (Å²) in [7, 11) is 3.54. The first-order valence-corrected chi connectivity index (χ1v) is 6.89. The number of nitrogens with zero attached hydrogens (tertiary/aromatic N) is 3. The predicted molar refractivity (Wildman–Crippen MR) is 74.3 cm³/mol. The first-order chi connectivity index (χ1) is 10.3. The number of morpholine rings is 1. The Morgan fingerprint density at radius 2 is 1.73 bits per heavy atom. The molecule has 0 atom stereocenters. The first kappa shape index (κ1) is 16.2. The molecule has 0 aliphatic carbocycles. The monoisotopic (exact) mass is 314 g/mol. The van der Waals surface area contributed by atoms with Crippen LogP contribution in [0.5, 0.6) is 0 Å². The Labute approximate surface area is 128 Å². The summed E-state index contributed by atoms with van der Waals surface area (Å²) in [6.45, 7) is 5.31. The zero-order valence-electron chi connectivity index (χ0n) is 13.1. The molecule has 9 heteroatoms. The van der Waals surface area contributed by atoms with Crippen molar-refractivity contribution in [3.8, 4) is 0 Å². The van der Waals surface area contributed by atoms with Crippen molar-refractivity contribution in [2.45, 2.75) is 19.6 Å². The van der Waals surface area contributed by atoms with Crippen molar-refractivity contribution in [3.63, 3.8) is 0 Å². The van der Waals surface area contributed by atoms with Crippen LogP contribution in [0.15, 0.2) is 5.16 Å². The molecule has 0 unspecified atom stereocenters. The molecule has 0 N–H and O–H groups in total. The van der Waals surface area contributed by atoms with Crippen LogP contribution in [0.3, 0.4) is 0 Å². The summed E-state index contributed by atoms with van der Waals surface area (Å²) in [5.74, 6) is -3.05. The van der Waals surface area contributed by atoms with Gasteiger partial charge in [0.1, 0.15) is 13.1 Å². The Morgan fingerprint density at radius 3 is 2.23 bits per heavy atom. The summed E-state index contributed by atoms with van der Waals surface area (Å²) in [6, 6.07) is 0.404. The van der Waals surface area contributed by atoms with E-state index in [2.05, 4.69) is 5.16 Å². The summed E-state index contributed by atoms with van der Waals surface area (Å²) in [4.78, 5) is 30.8. The number of hydrogen-bond acceptors (Lipinski definition) is 7. The molecular weight excluding hydrogens is 294 g/mol. The maximum absolute atomic E-state index is 11.8. The van der Waals surface area contributed by atoms with Crippen molar-refractivity contribution in [3.05, 3.63) is 0 Å². The van der Waals surface area contributed by atoms with Crippen molar-refractivity contribution in [1.82, 2.24) is 4.90 Å². The van der Waals surface area contributed by atoms with Crippen LogP contribution in [0, 0.1) is 0 Å². The highest BCUT2D eigenvalue weighted by atomic mass is 16.7. The maximum Gasteiger partial charge on any atom is 0.472 e. The Hall–Kier alpha value is -2.16. The first-order valence-electron chi connectivity index (χ1n) is 6.89. The van der Waals surface area contributed by atoms with E-state index in [0.29, 0.717) is 32.3 Å². The number of carbonyl (C=O) groups excluding carboxylic acids is 2. The molecule has 0 saturated carbocycles. The van der Waals surface area contributed by atoms with Gasteiger partial charge in [-0.15, -0.1) is 0 Å². The van der Waals surface area contributed by atoms with E-state index in [4.69, 9.17) is 19.0 Å². The minimum Gasteiger partial charge on any atom is -0.418 e. The normalized spacial score (nSPS) is 20.9. The number of rotatable bonds is 1. The molecule has 0 amide bonds. The van der Waals surface area contributed by atoms with Crippen molar-refractivity contribution >= 4 is 23.7 Å². The van der Waals surface area contributed by atoms with Crippen LogP contribution < -0.4 is 0 Å². The van der Waals surface area contributed by atoms with Crippen molar-refractivity contribution < 1.29 is 33.2 Å². The van der Waals surface area contributed by atoms with Gasteiger partial charge in [-0.25, -0.2) is 19.1 Å². The summed E-state index contributed by atoms with van der Waals surface area (Å²) in [6.07, 6.45) is 0. The highest BCUT2D eigenvalue weighted by molar-refractivity contribution is 6.63. The standard InChI is InChI=1S/C13H20N3O6/c1-13(2)20-10(17)9(11(18)21-13)14-22-12(15(3)4)16-5-7-19-8-6-16/h5-8H2,1-4H3/q+1. The number of oxime groups is 1. The van der Waals surface area contributed by atoms with Gasteiger partial charge in [0, 0.05) is 13.8 Å². The van der Waals surface area contributed by atoms with E-state index in [1.54, 1.807) is 18.7 Å². The molecule has 0 spiro atoms. The number of ether oxygens (including phenoxy) is 3. The second-order valence-electron chi connectivity index (χ2n) is 5.49. The topological polar surface area (TPSA) is 89.7 Å². The van der Waals surface area contributed by atoms with E-state index in [1.165, 1.54) is 13.8 Å². The van der Waals surface area contributed by atoms with E-state index in [0.717, 1.165) is 0 Å². The van der Waals surface area contributed by atoms with Gasteiger partial charge in [-0.3, -0.25) is 4.84 Å². The van der Waals surface area contributed by atoms with Crippen molar-refractivity contribution in [2.75, 3.05) is 40.4 Å². The fraction of sp³-hybridized carbons (Fsp3) is 0.692. The van der Waals surface area contributed by atoms with Gasteiger partial charge in [-0.05, 0) is 0 Å². The van der Waals surface area contributed by atoms with Crippen LogP contribution in [-0.4, -0.2) is 79.3 Å². The molecule has 2 aliphatic rings. The molecule has 122 valence electrons. The van der Waals surface area contributed by atoms with Gasteiger partial charge >= 0.3 is 18.0 Å². The minimum atomic E-state index is -1.30. The van der Waals surface area contributed by atoms with Gasteiger partial charge < -0.3 is 14.2 Å². The Morgan fingerprint density at radius 1 is 1.18 bits per heavy atom. The van der Waals surface area contributed by atoms with Gasteiger partial charge in [0.05, 0.1) is 27.3 Å². The van der Waals surface area contributed by atoms with Crippen LogP contribution in [0.2, 0.25) is 0 Å². The molecule has 0 bridgehead atoms. The maximum atomic E-state index is 11.8. The van der Waals surface area contributed by atoms with Crippen LogP contribution >= 0.6 is 0 Å². The average molecular weight is 314 g/mol. The number of carbonyl (C=O) groups is 2. The molecule has 9 nitrogen and oxygen atoms in total. The lowest BCUT2D eigenvalue weighted by molar-refractivity contribution is -0.481. The summed E-state index contributed by atoms with van der Waals surface area (Å²) in [5, 5.41) is 3.61. The smallest absolute Gasteiger partial charge is 0.418 e. The molecule has 2 rings (SSSR count). The Kier molecular flexibility index (Phi) is 4.65. The lowest BCUT2D eigenvalue weighted by Crippen LogP contribution is -2.48. The fourth-order valence-corrected chi connectivity index (χ4v) is 1.99. The molecule has 2 heterocycles. The second kappa shape index (κ2) is 6.30. The SMILES string of the molecule is C[N+](C)=C(ON=C1C(=O)OC(C)(C)OC1=O)N1CCOCC1. The van der Waals surface area contributed by atoms with Gasteiger partial charge in [0.2, 0.25) is 0 Å². The van der Waals surface area contributed by atoms with Crippen LogP contribution in [0.1, 0.15) is 13.8 Å². The molecule has 2 fully saturated rings. The lowest BCUT2D eigenvalue weighted by atomic mass is 10.3. The molecule has 2 aliphatic heterocycles. The summed E-state index contributed by atoms with van der Waals surface area (Å²) >= 11 is 0. The zero-order valence-corrected chi connectivity index (χ0v) is 13.1. The van der Waals surface area contributed by atoms with Crippen LogP contribution in [0.4, 0.5) is 0 Å². The van der Waals surface area contributed by atoms with Crippen molar-refractivity contribution in [2.24, 2.45) is 5.16 Å². The number of hydrogen-bond donors (Lipinski definition) is 0. The third-order valence-electron chi connectivity index (χ3n) is 2.95. The number of esters is 2. The van der Waals surface area contributed by atoms with E-state index in [-0.39, 0.29) is 0 Å². The van der Waals surface area contributed by atoms with Crippen molar-refractivity contribution in [1.29, 1.82) is 0 Å². The van der Waals surface area contributed by atoms with Gasteiger partial charge in [-0.1, -0.05) is 5.16 Å². The van der Waals surface area contributed by atoms with Gasteiger partial charge in [0.25, 0.3) is 11.5 Å². The molecule has 0 aromatic carbocycles. The summed E-state index contributed by atoms with van der Waals surface area (Å²) in [5.41, 5.74) is -0.521. The predicted octanol–water partition coefficient (Wildman–Crippen LogP) is -0.845. The molecule has 2 saturated heterocycles. The molecular formula is C13H20N3O6+. The quantitative estimate of drug-likeness (QED) is 0.205.